The van der Waals surface area contributed by atoms with Gasteiger partial charge in [0.15, 0.2) is 0 Å². The fraction of sp³-hybridized carbons (Fsp3) is 0.556. The van der Waals surface area contributed by atoms with E-state index in [1.165, 1.54) is 41.5 Å². The molecule has 1 aromatic rings. The smallest absolute Gasteiger partial charge is 0.0132 e. The van der Waals surface area contributed by atoms with E-state index in [0.717, 1.165) is 0 Å². The fourth-order valence-electron chi connectivity index (χ4n) is 2.35. The molecule has 0 aliphatic carbocycles. The van der Waals surface area contributed by atoms with Gasteiger partial charge in [-0.2, -0.15) is 0 Å². The number of aryl methyl sites for hydroxylation is 1. The first-order chi connectivity index (χ1) is 8.81. The van der Waals surface area contributed by atoms with Crippen molar-refractivity contribution in [1.82, 2.24) is 0 Å². The van der Waals surface area contributed by atoms with E-state index in [1.807, 2.05) is 0 Å². The number of allylic oxidation sites excluding steroid dienone is 1. The first-order valence-electron chi connectivity index (χ1n) is 7.22. The lowest BCUT2D eigenvalue weighted by Gasteiger charge is -2.23. The minimum atomic E-state index is 0.217. The van der Waals surface area contributed by atoms with E-state index < -0.39 is 0 Å². The Morgan fingerprint density at radius 2 is 1.89 bits per heavy atom. The molecule has 0 bridgehead atoms. The summed E-state index contributed by atoms with van der Waals surface area (Å²) in [5, 5.41) is 0. The zero-order valence-corrected chi connectivity index (χ0v) is 15.4. The maximum atomic E-state index is 2.41. The summed E-state index contributed by atoms with van der Waals surface area (Å²) in [7, 11) is 0. The molecule has 1 rings (SSSR count). The van der Waals surface area contributed by atoms with Crippen molar-refractivity contribution in [2.45, 2.75) is 66.2 Å². The summed E-state index contributed by atoms with van der Waals surface area (Å²) in [5.41, 5.74) is 7.49. The van der Waals surface area contributed by atoms with Gasteiger partial charge in [-0.3, -0.25) is 0 Å². The van der Waals surface area contributed by atoms with Crippen LogP contribution in [0.4, 0.5) is 0 Å². The Labute approximate surface area is 132 Å². The van der Waals surface area contributed by atoms with Crippen LogP contribution in [0.2, 0.25) is 0 Å². The van der Waals surface area contributed by atoms with E-state index >= 15 is 0 Å². The highest BCUT2D eigenvalue weighted by Gasteiger charge is 2.17. The summed E-state index contributed by atoms with van der Waals surface area (Å²) in [6.45, 7) is 13.6. The van der Waals surface area contributed by atoms with Crippen molar-refractivity contribution in [1.29, 1.82) is 0 Å². The van der Waals surface area contributed by atoms with Gasteiger partial charge in [-0.25, -0.2) is 0 Å². The van der Waals surface area contributed by atoms with Crippen LogP contribution in [0.1, 0.15) is 69.7 Å². The first-order valence-corrected chi connectivity index (χ1v) is 8.47. The molecule has 0 spiro atoms. The maximum Gasteiger partial charge on any atom is -0.0132 e. The predicted octanol–water partition coefficient (Wildman–Crippen LogP) is 6.43. The van der Waals surface area contributed by atoms with Crippen LogP contribution >= 0.6 is 22.6 Å². The second kappa shape index (κ2) is 6.92. The quantitative estimate of drug-likeness (QED) is 0.536. The third kappa shape index (κ3) is 4.34. The van der Waals surface area contributed by atoms with Crippen LogP contribution in [-0.2, 0) is 11.8 Å². The van der Waals surface area contributed by atoms with Crippen LogP contribution in [0.15, 0.2) is 16.2 Å². The summed E-state index contributed by atoms with van der Waals surface area (Å²) in [6.07, 6.45) is 3.73. The molecule has 0 saturated carbocycles. The van der Waals surface area contributed by atoms with Gasteiger partial charge in [-0.15, -0.1) is 0 Å². The number of halogens is 1. The largest absolute Gasteiger partial charge is 0.0654 e. The van der Waals surface area contributed by atoms with E-state index in [9.17, 15) is 0 Å². The Morgan fingerprint density at radius 3 is 2.37 bits per heavy atom. The molecule has 0 aromatic heterocycles. The van der Waals surface area contributed by atoms with Crippen LogP contribution in [0.25, 0.3) is 5.57 Å². The Balaban J connectivity index is 3.39. The molecule has 1 heteroatoms. The molecular weight excluding hydrogens is 343 g/mol. The number of unbranched alkanes of at least 4 members (excludes halogenated alkanes) is 1. The topological polar surface area (TPSA) is 0 Å². The minimum Gasteiger partial charge on any atom is -0.0654 e. The third-order valence-electron chi connectivity index (χ3n) is 3.71. The Hall–Kier alpha value is -0.310. The molecule has 19 heavy (non-hydrogen) atoms. The van der Waals surface area contributed by atoms with Gasteiger partial charge in [0.05, 0.1) is 0 Å². The number of hydrogen-bond donors (Lipinski definition) is 0. The van der Waals surface area contributed by atoms with Crippen molar-refractivity contribution in [2.24, 2.45) is 0 Å². The molecular formula is C18H27I. The standard InChI is InChI=1S/C18H27I/c1-7-8-9-16-13(2)10-15(18(4,5)6)11-17(16)14(3)12-19/h10-12H,7-9H2,1-6H3/b14-12+. The average molecular weight is 370 g/mol. The van der Waals surface area contributed by atoms with Gasteiger partial charge >= 0.3 is 0 Å². The number of hydrogen-bond acceptors (Lipinski definition) is 0. The van der Waals surface area contributed by atoms with Crippen LogP contribution in [0, 0.1) is 6.92 Å². The van der Waals surface area contributed by atoms with E-state index in [0.29, 0.717) is 0 Å². The Bertz CT molecular complexity index is 461. The van der Waals surface area contributed by atoms with E-state index in [-0.39, 0.29) is 5.41 Å². The van der Waals surface area contributed by atoms with Crippen LogP contribution in [0.5, 0.6) is 0 Å². The predicted molar refractivity (Wildman–Crippen MR) is 96.2 cm³/mol. The van der Waals surface area contributed by atoms with Crippen molar-refractivity contribution < 1.29 is 0 Å². The number of benzene rings is 1. The van der Waals surface area contributed by atoms with Crippen molar-refractivity contribution in [3.63, 3.8) is 0 Å². The monoisotopic (exact) mass is 370 g/mol. The second-order valence-corrected chi connectivity index (χ2v) is 7.09. The van der Waals surface area contributed by atoms with Crippen molar-refractivity contribution in [2.75, 3.05) is 0 Å². The molecule has 0 unspecified atom stereocenters. The lowest BCUT2D eigenvalue weighted by Crippen LogP contribution is -2.13. The fourth-order valence-corrected chi connectivity index (χ4v) is 2.68. The highest BCUT2D eigenvalue weighted by atomic mass is 127. The molecule has 1 aromatic carbocycles. The molecule has 0 nitrogen and oxygen atoms in total. The highest BCUT2D eigenvalue weighted by Crippen LogP contribution is 2.31. The third-order valence-corrected chi connectivity index (χ3v) is 4.64. The number of rotatable bonds is 4. The lowest BCUT2D eigenvalue weighted by molar-refractivity contribution is 0.589. The molecule has 106 valence electrons. The molecule has 0 N–H and O–H groups in total. The summed E-state index contributed by atoms with van der Waals surface area (Å²) < 4.78 is 2.20. The van der Waals surface area contributed by atoms with E-state index in [2.05, 4.69) is 80.3 Å². The Morgan fingerprint density at radius 1 is 1.26 bits per heavy atom. The normalized spacial score (nSPS) is 12.9. The molecule has 0 aliphatic heterocycles. The summed E-state index contributed by atoms with van der Waals surface area (Å²) in [4.78, 5) is 0. The molecule has 0 atom stereocenters. The zero-order valence-electron chi connectivity index (χ0n) is 13.2. The molecule has 0 aliphatic rings. The Kier molecular flexibility index (Phi) is 6.10. The van der Waals surface area contributed by atoms with E-state index in [4.69, 9.17) is 0 Å². The SMILES string of the molecule is CCCCc1c(C)cc(C(C)(C)C)cc1/C(C)=C/I. The molecule has 0 amide bonds. The van der Waals surface area contributed by atoms with Gasteiger partial charge in [0.25, 0.3) is 0 Å². The van der Waals surface area contributed by atoms with Gasteiger partial charge < -0.3 is 0 Å². The van der Waals surface area contributed by atoms with Crippen molar-refractivity contribution >= 4 is 28.2 Å². The molecule has 0 saturated heterocycles. The van der Waals surface area contributed by atoms with Gasteiger partial charge in [-0.1, -0.05) is 68.8 Å². The lowest BCUT2D eigenvalue weighted by atomic mass is 9.82. The summed E-state index contributed by atoms with van der Waals surface area (Å²) in [6, 6.07) is 4.79. The summed E-state index contributed by atoms with van der Waals surface area (Å²) in [5.74, 6) is 0. The second-order valence-electron chi connectivity index (χ2n) is 6.46. The van der Waals surface area contributed by atoms with Gasteiger partial charge in [0.1, 0.15) is 0 Å². The molecule has 0 heterocycles. The van der Waals surface area contributed by atoms with Gasteiger partial charge in [0.2, 0.25) is 0 Å². The zero-order chi connectivity index (χ0) is 14.6. The van der Waals surface area contributed by atoms with Gasteiger partial charge in [0, 0.05) is 0 Å². The minimum absolute atomic E-state index is 0.217. The summed E-state index contributed by atoms with van der Waals surface area (Å²) >= 11 is 2.35. The van der Waals surface area contributed by atoms with Crippen LogP contribution in [0.3, 0.4) is 0 Å². The van der Waals surface area contributed by atoms with Crippen LogP contribution < -0.4 is 0 Å². The highest BCUT2D eigenvalue weighted by molar-refractivity contribution is 14.1. The molecule has 0 fully saturated rings. The van der Waals surface area contributed by atoms with Crippen LogP contribution in [-0.4, -0.2) is 0 Å². The maximum absolute atomic E-state index is 2.41. The van der Waals surface area contributed by atoms with Crippen molar-refractivity contribution in [3.8, 4) is 0 Å². The molecule has 0 radical (unpaired) electrons. The average Bonchev–Trinajstić information content (AvgIpc) is 2.34. The first kappa shape index (κ1) is 16.7. The van der Waals surface area contributed by atoms with E-state index in [1.54, 1.807) is 5.56 Å². The van der Waals surface area contributed by atoms with Gasteiger partial charge in [-0.05, 0) is 64.0 Å². The van der Waals surface area contributed by atoms with Crippen molar-refractivity contribution in [3.05, 3.63) is 38.5 Å².